The minimum absolute atomic E-state index is 0.237. The summed E-state index contributed by atoms with van der Waals surface area (Å²) in [6.45, 7) is 3.15. The molecule has 4 aromatic carbocycles. The van der Waals surface area contributed by atoms with E-state index in [-0.39, 0.29) is 30.9 Å². The van der Waals surface area contributed by atoms with Crippen LogP contribution in [0.25, 0.3) is 0 Å². The van der Waals surface area contributed by atoms with Gasteiger partial charge in [0.15, 0.2) is 0 Å². The smallest absolute Gasteiger partial charge is 0.249 e. The summed E-state index contributed by atoms with van der Waals surface area (Å²) in [5, 5.41) is 5.95. The summed E-state index contributed by atoms with van der Waals surface area (Å²) in [7, 11) is 1.58. The molecule has 0 unspecified atom stereocenters. The van der Waals surface area contributed by atoms with Gasteiger partial charge in [0, 0.05) is 25.1 Å². The van der Waals surface area contributed by atoms with Crippen molar-refractivity contribution in [1.29, 1.82) is 0 Å². The molecule has 4 aromatic rings. The molecule has 2 atom stereocenters. The molecule has 0 saturated heterocycles. The Morgan fingerprint density at radius 2 is 1.31 bits per heavy atom. The number of amides is 3. The number of nitrogens with two attached hydrogens (primary N) is 2. The molecule has 9 heteroatoms. The van der Waals surface area contributed by atoms with Crippen molar-refractivity contribution in [2.24, 2.45) is 11.5 Å². The van der Waals surface area contributed by atoms with Gasteiger partial charge in [0.2, 0.25) is 17.7 Å². The number of methoxy groups -OCH3 is 1. The van der Waals surface area contributed by atoms with Gasteiger partial charge < -0.3 is 31.6 Å². The third-order valence-corrected chi connectivity index (χ3v) is 7.55. The van der Waals surface area contributed by atoms with E-state index in [1.807, 2.05) is 79.7 Å². The molecule has 0 bridgehead atoms. The van der Waals surface area contributed by atoms with E-state index in [1.54, 1.807) is 31.4 Å². The lowest BCUT2D eigenvalue weighted by Crippen LogP contribution is -2.49. The number of carbonyl (C=O) groups excluding carboxylic acids is 3. The highest BCUT2D eigenvalue weighted by atomic mass is 16.5. The number of primary amides is 1. The van der Waals surface area contributed by atoms with Crippen LogP contribution in [0, 0.1) is 0 Å². The lowest BCUT2D eigenvalue weighted by molar-refractivity contribution is -0.129. The summed E-state index contributed by atoms with van der Waals surface area (Å²) >= 11 is 0. The van der Waals surface area contributed by atoms with Crippen molar-refractivity contribution < 1.29 is 23.9 Å². The zero-order valence-corrected chi connectivity index (χ0v) is 25.6. The third-order valence-electron chi connectivity index (χ3n) is 7.55. The van der Waals surface area contributed by atoms with Gasteiger partial charge in [0.05, 0.1) is 19.6 Å². The highest BCUT2D eigenvalue weighted by Crippen LogP contribution is 2.26. The van der Waals surface area contributed by atoms with Gasteiger partial charge in [-0.05, 0) is 71.5 Å². The molecule has 234 valence electrons. The van der Waals surface area contributed by atoms with Crippen LogP contribution in [0.15, 0.2) is 97.1 Å². The second kappa shape index (κ2) is 16.1. The van der Waals surface area contributed by atoms with E-state index >= 15 is 0 Å². The summed E-state index contributed by atoms with van der Waals surface area (Å²) in [4.78, 5) is 40.2. The van der Waals surface area contributed by atoms with Crippen molar-refractivity contribution in [3.63, 3.8) is 0 Å². The summed E-state index contributed by atoms with van der Waals surface area (Å²) in [5.74, 6) is -0.787. The Hall–Kier alpha value is -5.15. The first-order valence-electron chi connectivity index (χ1n) is 14.9. The molecular formula is C36H40N4O5. The van der Waals surface area contributed by atoms with Gasteiger partial charge >= 0.3 is 0 Å². The Balaban J connectivity index is 1.62. The first kappa shape index (κ1) is 32.8. The maximum atomic E-state index is 14.1. The number of carbonyl (C=O) groups is 3. The maximum absolute atomic E-state index is 14.1. The first-order chi connectivity index (χ1) is 21.8. The van der Waals surface area contributed by atoms with Gasteiger partial charge in [-0.15, -0.1) is 0 Å². The maximum Gasteiger partial charge on any atom is 0.249 e. The van der Waals surface area contributed by atoms with Gasteiger partial charge in [-0.1, -0.05) is 66.7 Å². The number of ether oxygens (including phenoxy) is 2. The molecule has 6 N–H and O–H groups in total. The second-order valence-electron chi connectivity index (χ2n) is 10.6. The van der Waals surface area contributed by atoms with Crippen LogP contribution in [-0.4, -0.2) is 37.5 Å². The Kier molecular flexibility index (Phi) is 11.7. The molecule has 45 heavy (non-hydrogen) atoms. The normalized spacial score (nSPS) is 12.1. The van der Waals surface area contributed by atoms with Gasteiger partial charge in [0.1, 0.15) is 17.5 Å². The molecule has 0 aliphatic rings. The minimum Gasteiger partial charge on any atom is -0.497 e. The van der Waals surface area contributed by atoms with Crippen molar-refractivity contribution in [2.45, 2.75) is 44.8 Å². The molecular weight excluding hydrogens is 568 g/mol. The molecule has 0 fully saturated rings. The molecule has 0 radical (unpaired) electrons. The number of rotatable bonds is 15. The number of benzene rings is 4. The average molecular weight is 609 g/mol. The highest BCUT2D eigenvalue weighted by molar-refractivity contribution is 5.98. The highest BCUT2D eigenvalue weighted by Gasteiger charge is 2.29. The number of nitrogens with one attached hydrogen (secondary N) is 2. The molecule has 0 aromatic heterocycles. The van der Waals surface area contributed by atoms with E-state index < -0.39 is 23.8 Å². The van der Waals surface area contributed by atoms with Gasteiger partial charge in [-0.25, -0.2) is 0 Å². The Labute approximate surface area is 263 Å². The van der Waals surface area contributed by atoms with Crippen LogP contribution in [0.5, 0.6) is 11.5 Å². The zero-order valence-electron chi connectivity index (χ0n) is 25.6. The summed E-state index contributed by atoms with van der Waals surface area (Å²) in [5.41, 5.74) is 15.8. The lowest BCUT2D eigenvalue weighted by atomic mass is 9.87. The molecule has 3 amide bonds. The second-order valence-corrected chi connectivity index (χ2v) is 10.6. The van der Waals surface area contributed by atoms with Crippen LogP contribution in [0.1, 0.15) is 51.0 Å². The van der Waals surface area contributed by atoms with Crippen molar-refractivity contribution in [2.75, 3.05) is 13.7 Å². The fourth-order valence-electron chi connectivity index (χ4n) is 5.08. The first-order valence-corrected chi connectivity index (χ1v) is 14.9. The monoisotopic (exact) mass is 608 g/mol. The fraction of sp³-hybridized carbons (Fsp3) is 0.250. The molecule has 9 nitrogen and oxygen atoms in total. The van der Waals surface area contributed by atoms with E-state index in [9.17, 15) is 14.4 Å². The van der Waals surface area contributed by atoms with Crippen molar-refractivity contribution >= 4 is 17.7 Å². The summed E-state index contributed by atoms with van der Waals surface area (Å²) in [6.07, 6.45) is 0.508. The summed E-state index contributed by atoms with van der Waals surface area (Å²) < 4.78 is 10.8. The fourth-order valence-corrected chi connectivity index (χ4v) is 5.08. The third kappa shape index (κ3) is 9.17. The van der Waals surface area contributed by atoms with Crippen LogP contribution in [0.4, 0.5) is 0 Å². The van der Waals surface area contributed by atoms with Crippen LogP contribution in [-0.2, 0) is 35.5 Å². The quantitative estimate of drug-likeness (QED) is 0.160. The van der Waals surface area contributed by atoms with Crippen molar-refractivity contribution in [3.05, 3.63) is 130 Å². The Morgan fingerprint density at radius 3 is 1.91 bits per heavy atom. The minimum atomic E-state index is -0.905. The van der Waals surface area contributed by atoms with E-state index in [0.29, 0.717) is 30.2 Å². The van der Waals surface area contributed by atoms with Crippen LogP contribution in [0.3, 0.4) is 0 Å². The van der Waals surface area contributed by atoms with Crippen molar-refractivity contribution in [1.82, 2.24) is 10.6 Å². The van der Waals surface area contributed by atoms with E-state index in [1.165, 1.54) is 0 Å². The Bertz CT molecular complexity index is 1570. The molecule has 0 aliphatic carbocycles. The molecule has 0 spiro atoms. The number of hydrogen-bond acceptors (Lipinski definition) is 6. The average Bonchev–Trinajstić information content (AvgIpc) is 3.07. The molecule has 0 aliphatic heterocycles. The SMILES string of the molecule is CCOc1ccc(C[C@@H](C(=O)N[C@@H](Cc2ccc(OC)cc2)C(=O)NCc2ccc(CN)cc2)c2ccccc2C(N)=O)cc1. The molecule has 0 saturated carbocycles. The molecule has 0 heterocycles. The predicted molar refractivity (Wildman–Crippen MR) is 174 cm³/mol. The van der Waals surface area contributed by atoms with Gasteiger partial charge in [0.25, 0.3) is 0 Å². The van der Waals surface area contributed by atoms with Gasteiger partial charge in [-0.2, -0.15) is 0 Å². The van der Waals surface area contributed by atoms with Crippen LogP contribution >= 0.6 is 0 Å². The number of hydrogen-bond donors (Lipinski definition) is 4. The molecule has 4 rings (SSSR count). The van der Waals surface area contributed by atoms with E-state index in [2.05, 4.69) is 10.6 Å². The van der Waals surface area contributed by atoms with E-state index in [0.717, 1.165) is 22.3 Å². The Morgan fingerprint density at radius 1 is 0.733 bits per heavy atom. The van der Waals surface area contributed by atoms with Gasteiger partial charge in [-0.3, -0.25) is 14.4 Å². The largest absolute Gasteiger partial charge is 0.497 e. The topological polar surface area (TPSA) is 146 Å². The van der Waals surface area contributed by atoms with Crippen LogP contribution < -0.4 is 31.6 Å². The summed E-state index contributed by atoms with van der Waals surface area (Å²) in [6, 6.07) is 28.3. The lowest BCUT2D eigenvalue weighted by Gasteiger charge is -2.24. The van der Waals surface area contributed by atoms with Crippen molar-refractivity contribution in [3.8, 4) is 11.5 Å². The van der Waals surface area contributed by atoms with E-state index in [4.69, 9.17) is 20.9 Å². The predicted octanol–water partition coefficient (Wildman–Crippen LogP) is 4.02. The zero-order chi connectivity index (χ0) is 32.2. The van der Waals surface area contributed by atoms with Crippen LogP contribution in [0.2, 0.25) is 0 Å². The standard InChI is InChI=1S/C36H40N4O5/c1-3-45-29-18-14-24(15-19-29)20-32(30-6-4-5-7-31(30)34(38)41)35(42)40-33(21-25-12-16-28(44-2)17-13-25)36(43)39-23-27-10-8-26(22-37)9-11-27/h4-19,32-33H,3,20-23,37H2,1-2H3,(H2,38,41)(H,39,43)(H,40,42)/t32-,33+/m1/s1.